The van der Waals surface area contributed by atoms with Crippen LogP contribution in [-0.4, -0.2) is 91.5 Å². The third-order valence-electron chi connectivity index (χ3n) is 12.2. The molecule has 264 valence electrons. The van der Waals surface area contributed by atoms with Gasteiger partial charge in [0.1, 0.15) is 17.8 Å². The van der Waals surface area contributed by atoms with Gasteiger partial charge in [0.05, 0.1) is 35.9 Å². The monoisotopic (exact) mass is 1120 g/mol. The molecule has 10 unspecified atom stereocenters. The van der Waals surface area contributed by atoms with Crippen LogP contribution in [0.2, 0.25) is 0 Å². The molecule has 0 aromatic heterocycles. The third kappa shape index (κ3) is 6.50. The molecule has 2 radical (unpaired) electrons. The van der Waals surface area contributed by atoms with Crippen molar-refractivity contribution in [1.29, 1.82) is 0 Å². The number of Topliss-reactive ketones (excluding diaryl/α,β-unsaturated/α-hetero) is 1. The van der Waals surface area contributed by atoms with Crippen molar-refractivity contribution in [2.75, 3.05) is 6.61 Å². The van der Waals surface area contributed by atoms with Crippen molar-refractivity contribution in [2.45, 2.75) is 95.2 Å². The van der Waals surface area contributed by atoms with Crippen molar-refractivity contribution < 1.29 is 138 Å². The first-order valence-electron chi connectivity index (χ1n) is 16.5. The molecule has 1 amide bonds. The van der Waals surface area contributed by atoms with Crippen LogP contribution < -0.4 is 5.32 Å². The average Bonchev–Trinajstić information content (AvgIpc) is 3.06. The van der Waals surface area contributed by atoms with Crippen LogP contribution in [0, 0.1) is 111 Å². The van der Waals surface area contributed by atoms with Gasteiger partial charge < -0.3 is 40.3 Å². The van der Waals surface area contributed by atoms with Gasteiger partial charge in [0.2, 0.25) is 0 Å². The molecule has 2 aromatic carbocycles. The molecular formula is C37H45Ac2NO10. The minimum absolute atomic E-state index is 0. The summed E-state index contributed by atoms with van der Waals surface area (Å²) in [5.74, 6) is -4.18. The van der Waals surface area contributed by atoms with E-state index in [0.29, 0.717) is 16.7 Å². The van der Waals surface area contributed by atoms with Crippen LogP contribution in [0.5, 0.6) is 0 Å². The maximum atomic E-state index is 14.3. The molecule has 2 bridgehead atoms. The van der Waals surface area contributed by atoms with Gasteiger partial charge >= 0.3 is 5.97 Å². The van der Waals surface area contributed by atoms with E-state index in [1.807, 2.05) is 0 Å². The maximum absolute atomic E-state index is 14.3. The Bertz CT molecular complexity index is 1640. The predicted octanol–water partition coefficient (Wildman–Crippen LogP) is 2.00. The van der Waals surface area contributed by atoms with E-state index in [9.17, 15) is 39.9 Å². The second kappa shape index (κ2) is 15.3. The molecule has 2 saturated carbocycles. The standard InChI is InChI=1S/C37H45NO10.2Ac/c1-19-23(48-33(44)29(41)27(21-12-8-6-9-13-21)38-32(43)22-14-10-7-11-15-22)17-37(46)20(2)30-35(5,24(39)16-25-36(30,45)18-47-25)31(42)28(40)26(19)34(37,3)4;;/h6-15,20,23-25,27-30,39-41,45-46H,16-18H2,1-5H3,(H,38,43);;/t20?,23?,24?,25?,27?,28?,29?,30?,35-,36?,37?;;/m1../s1. The molecule has 1 aliphatic heterocycles. The summed E-state index contributed by atoms with van der Waals surface area (Å²) in [5.41, 5.74) is -4.94. The fraction of sp³-hybridized carbons (Fsp3) is 0.541. The number of fused-ring (bicyclic) bond motifs is 5. The molecule has 11 nitrogen and oxygen atoms in total. The Morgan fingerprint density at radius 1 is 0.980 bits per heavy atom. The Balaban J connectivity index is 0.00000281. The quantitative estimate of drug-likeness (QED) is 0.185. The van der Waals surface area contributed by atoms with Crippen LogP contribution in [0.25, 0.3) is 0 Å². The van der Waals surface area contributed by atoms with Crippen LogP contribution in [0.4, 0.5) is 0 Å². The molecule has 3 fully saturated rings. The molecule has 1 saturated heterocycles. The number of aliphatic hydroxyl groups is 5. The zero-order chi connectivity index (χ0) is 35.0. The van der Waals surface area contributed by atoms with Gasteiger partial charge in [0, 0.05) is 118 Å². The second-order valence-corrected chi connectivity index (χ2v) is 14.8. The van der Waals surface area contributed by atoms with E-state index in [4.69, 9.17) is 9.47 Å². The summed E-state index contributed by atoms with van der Waals surface area (Å²) in [6.45, 7) is 8.16. The van der Waals surface area contributed by atoms with E-state index < -0.39 is 88.1 Å². The fourth-order valence-corrected chi connectivity index (χ4v) is 9.28. The minimum atomic E-state index is -1.87. The number of carbonyl (C=O) groups is 3. The number of ether oxygens (including phenoxy) is 2. The van der Waals surface area contributed by atoms with E-state index in [0.717, 1.165) is 0 Å². The number of amides is 1. The Morgan fingerprint density at radius 2 is 1.56 bits per heavy atom. The first kappa shape index (κ1) is 42.2. The van der Waals surface area contributed by atoms with E-state index in [1.165, 1.54) is 6.92 Å². The zero-order valence-corrected chi connectivity index (χ0v) is 38.4. The van der Waals surface area contributed by atoms with E-state index in [-0.39, 0.29) is 113 Å². The predicted molar refractivity (Wildman–Crippen MR) is 172 cm³/mol. The third-order valence-corrected chi connectivity index (χ3v) is 12.2. The first-order chi connectivity index (χ1) is 22.5. The smallest absolute Gasteiger partial charge is 0.338 e. The number of esters is 1. The number of nitrogens with one attached hydrogen (secondary N) is 1. The van der Waals surface area contributed by atoms with Gasteiger partial charge in [-0.15, -0.1) is 0 Å². The van der Waals surface area contributed by atoms with Crippen LogP contribution in [-0.2, 0) is 19.1 Å². The van der Waals surface area contributed by atoms with Gasteiger partial charge in [0.25, 0.3) is 5.91 Å². The van der Waals surface area contributed by atoms with E-state index in [2.05, 4.69) is 5.32 Å². The Hall–Kier alpha value is -0.567. The number of carbonyl (C=O) groups excluding carboxylic acids is 3. The van der Waals surface area contributed by atoms with Crippen LogP contribution in [0.1, 0.15) is 69.4 Å². The normalized spacial score (nSPS) is 36.7. The summed E-state index contributed by atoms with van der Waals surface area (Å²) in [7, 11) is 0. The van der Waals surface area contributed by atoms with Crippen LogP contribution in [0.15, 0.2) is 71.8 Å². The number of hydrogen-bond donors (Lipinski definition) is 6. The molecule has 4 aliphatic rings. The molecule has 6 rings (SSSR count). The van der Waals surface area contributed by atoms with Crippen LogP contribution in [0.3, 0.4) is 0 Å². The van der Waals surface area contributed by atoms with Crippen molar-refractivity contribution in [3.8, 4) is 0 Å². The summed E-state index contributed by atoms with van der Waals surface area (Å²) >= 11 is 0. The summed E-state index contributed by atoms with van der Waals surface area (Å²) in [6.07, 6.45) is -7.06. The number of benzene rings is 2. The van der Waals surface area contributed by atoms with Gasteiger partial charge in [-0.2, -0.15) is 0 Å². The molecule has 0 spiro atoms. The van der Waals surface area contributed by atoms with Gasteiger partial charge in [-0.3, -0.25) is 9.59 Å². The Kier molecular flexibility index (Phi) is 12.9. The van der Waals surface area contributed by atoms with Crippen molar-refractivity contribution in [2.24, 2.45) is 22.7 Å². The molecular weight excluding hydrogens is 1070 g/mol. The second-order valence-electron chi connectivity index (χ2n) is 14.8. The van der Waals surface area contributed by atoms with Crippen molar-refractivity contribution >= 4 is 17.7 Å². The van der Waals surface area contributed by atoms with Crippen molar-refractivity contribution in [3.63, 3.8) is 0 Å². The zero-order valence-electron chi connectivity index (χ0n) is 28.9. The molecule has 11 atom stereocenters. The summed E-state index contributed by atoms with van der Waals surface area (Å²) in [5, 5.41) is 62.0. The average molecular weight is 1120 g/mol. The molecule has 13 heteroatoms. The SMILES string of the molecule is CC1=C2C(O)C(=O)[C@]3(C)C(O)CC4OCC4(O)C3C(C)C(O)(CC1OC(=O)C(O)C(NC(=O)c1ccccc1)c1ccccc1)C2(C)C.[Ac].[Ac]. The largest absolute Gasteiger partial charge is 0.456 e. The molecule has 2 aromatic rings. The summed E-state index contributed by atoms with van der Waals surface area (Å²) < 4.78 is 11.5. The minimum Gasteiger partial charge on any atom is -0.456 e. The maximum Gasteiger partial charge on any atom is 0.338 e. The van der Waals surface area contributed by atoms with Gasteiger partial charge in [-0.1, -0.05) is 69.3 Å². The molecule has 50 heavy (non-hydrogen) atoms. The fourth-order valence-electron chi connectivity index (χ4n) is 9.28. The van der Waals surface area contributed by atoms with Crippen molar-refractivity contribution in [3.05, 3.63) is 82.9 Å². The van der Waals surface area contributed by atoms with Crippen LogP contribution >= 0.6 is 0 Å². The molecule has 3 aliphatic carbocycles. The van der Waals surface area contributed by atoms with Gasteiger partial charge in [-0.05, 0) is 48.6 Å². The van der Waals surface area contributed by atoms with Crippen molar-refractivity contribution in [1.82, 2.24) is 5.32 Å². The number of hydrogen-bond acceptors (Lipinski definition) is 10. The van der Waals surface area contributed by atoms with E-state index >= 15 is 0 Å². The van der Waals surface area contributed by atoms with Gasteiger partial charge in [0.15, 0.2) is 11.9 Å². The summed E-state index contributed by atoms with van der Waals surface area (Å²) in [4.78, 5) is 41.2. The van der Waals surface area contributed by atoms with E-state index in [1.54, 1.807) is 88.4 Å². The topological polar surface area (TPSA) is 183 Å². The summed E-state index contributed by atoms with van der Waals surface area (Å²) in [6, 6.07) is 15.6. The number of rotatable bonds is 6. The Morgan fingerprint density at radius 3 is 2.12 bits per heavy atom. The molecule has 6 N–H and O–H groups in total. The first-order valence-corrected chi connectivity index (χ1v) is 16.5. The molecule has 1 heterocycles. The Labute approximate surface area is 363 Å². The number of ketones is 1. The number of aliphatic hydroxyl groups excluding tert-OH is 3. The van der Waals surface area contributed by atoms with Gasteiger partial charge in [-0.25, -0.2) is 4.79 Å².